The Balaban J connectivity index is -0.0000000825. The monoisotopic (exact) mass is 538 g/mol. The molecule has 0 spiro atoms. The van der Waals surface area contributed by atoms with Gasteiger partial charge in [-0.25, -0.2) is 24.0 Å². The molecule has 37 heavy (non-hydrogen) atoms. The third-order valence-electron chi connectivity index (χ3n) is 3.10. The van der Waals surface area contributed by atoms with Crippen LogP contribution in [0.4, 0.5) is 0 Å². The van der Waals surface area contributed by atoms with Gasteiger partial charge in [0.25, 0.3) is 0 Å². The lowest BCUT2D eigenvalue weighted by molar-refractivity contribution is -0.132. The van der Waals surface area contributed by atoms with E-state index in [1.54, 1.807) is 6.92 Å². The molecule has 0 aliphatic carbocycles. The van der Waals surface area contributed by atoms with E-state index in [2.05, 4.69) is 32.9 Å². The van der Waals surface area contributed by atoms with E-state index in [0.717, 1.165) is 30.4 Å². The van der Waals surface area contributed by atoms with E-state index in [1.165, 1.54) is 0 Å². The molecule has 0 heterocycles. The van der Waals surface area contributed by atoms with Crippen molar-refractivity contribution in [1.82, 2.24) is 0 Å². The van der Waals surface area contributed by atoms with Crippen LogP contribution in [0, 0.1) is 5.41 Å². The number of aliphatic carboxylic acids is 5. The Morgan fingerprint density at radius 1 is 0.622 bits per heavy atom. The zero-order valence-corrected chi connectivity index (χ0v) is 20.9. The maximum absolute atomic E-state index is 9.25. The molecule has 0 rings (SSSR count). The maximum atomic E-state index is 9.25. The number of rotatable bonds is 11. The minimum absolute atomic E-state index is 0.277. The smallest absolute Gasteiger partial charge is 0.327 e. The fourth-order valence-corrected chi connectivity index (χ4v) is 0.962. The number of carbonyl (C=O) groups is 5. The van der Waals surface area contributed by atoms with Crippen LogP contribution in [0.1, 0.15) is 13.8 Å². The van der Waals surface area contributed by atoms with Gasteiger partial charge in [-0.3, -0.25) is 0 Å². The number of carboxylic acids is 5. The van der Waals surface area contributed by atoms with Crippen LogP contribution >= 0.6 is 0 Å². The summed E-state index contributed by atoms with van der Waals surface area (Å²) in [6.07, 6.45) is 3.82. The minimum Gasteiger partial charge on any atom is -0.478 e. The maximum Gasteiger partial charge on any atom is 0.327 e. The third-order valence-corrected chi connectivity index (χ3v) is 3.10. The molecule has 1 atom stereocenters. The summed E-state index contributed by atoms with van der Waals surface area (Å²) in [5, 5.41) is 64.9. The Kier molecular flexibility index (Phi) is 42.6. The first-order chi connectivity index (χ1) is 17.0. The van der Waals surface area contributed by atoms with Crippen molar-refractivity contribution in [3.63, 3.8) is 0 Å². The van der Waals surface area contributed by atoms with Crippen molar-refractivity contribution < 1.29 is 69.6 Å². The first kappa shape index (κ1) is 46.3. The summed E-state index contributed by atoms with van der Waals surface area (Å²) in [5.41, 5.74) is -0.921. The van der Waals surface area contributed by atoms with Crippen molar-refractivity contribution in [1.29, 1.82) is 0 Å². The third kappa shape index (κ3) is 49.9. The van der Waals surface area contributed by atoms with Crippen LogP contribution in [0.15, 0.2) is 63.3 Å². The van der Waals surface area contributed by atoms with Crippen molar-refractivity contribution in [3.8, 4) is 0 Å². The molecular weight excluding hydrogens is 500 g/mol. The van der Waals surface area contributed by atoms with E-state index in [4.69, 9.17) is 45.6 Å². The molecule has 0 bridgehead atoms. The molecule has 14 heteroatoms. The van der Waals surface area contributed by atoms with E-state index >= 15 is 0 Å². The van der Waals surface area contributed by atoms with Gasteiger partial charge in [0.05, 0.1) is 31.3 Å². The van der Waals surface area contributed by atoms with Gasteiger partial charge in [0.2, 0.25) is 0 Å². The lowest BCUT2D eigenvalue weighted by Crippen LogP contribution is -2.45. The summed E-state index contributed by atoms with van der Waals surface area (Å²) in [7, 11) is 0. The lowest BCUT2D eigenvalue weighted by Gasteiger charge is -2.33. The van der Waals surface area contributed by atoms with Crippen LogP contribution in [0.5, 0.6) is 0 Å². The summed E-state index contributed by atoms with van der Waals surface area (Å²) < 4.78 is 5.20. The Morgan fingerprint density at radius 3 is 0.865 bits per heavy atom. The molecule has 0 fully saturated rings. The number of aliphatic hydroxyl groups excluding tert-OH is 3. The summed E-state index contributed by atoms with van der Waals surface area (Å²) in [6, 6.07) is 0. The van der Waals surface area contributed by atoms with Gasteiger partial charge in [-0.2, -0.15) is 0 Å². The van der Waals surface area contributed by atoms with Gasteiger partial charge in [0, 0.05) is 37.0 Å². The van der Waals surface area contributed by atoms with Gasteiger partial charge in [0.15, 0.2) is 0 Å². The molecule has 0 saturated carbocycles. The van der Waals surface area contributed by atoms with Crippen LogP contribution in [-0.4, -0.2) is 103 Å². The average molecular weight is 539 g/mol. The standard InChI is InChI=1S/C8H18O4.5C3H4O2/c1-3-12-7(2)8(4-9,5-10)6-11;5*1-2-3(4)5/h7,9-11H,3-6H2,1-2H3;5*2H,1H2,(H,4,5). The molecule has 14 nitrogen and oxygen atoms in total. The molecule has 0 aromatic carbocycles. The molecule has 214 valence electrons. The van der Waals surface area contributed by atoms with Gasteiger partial charge in [-0.1, -0.05) is 32.9 Å². The lowest BCUT2D eigenvalue weighted by atomic mass is 9.85. The topological polar surface area (TPSA) is 256 Å². The largest absolute Gasteiger partial charge is 0.478 e. The zero-order valence-electron chi connectivity index (χ0n) is 20.9. The van der Waals surface area contributed by atoms with E-state index in [9.17, 15) is 24.0 Å². The number of carboxylic acid groups (broad SMARTS) is 5. The van der Waals surface area contributed by atoms with Crippen molar-refractivity contribution in [2.75, 3.05) is 26.4 Å². The van der Waals surface area contributed by atoms with Crippen molar-refractivity contribution >= 4 is 29.8 Å². The van der Waals surface area contributed by atoms with Gasteiger partial charge in [-0.05, 0) is 13.8 Å². The quantitative estimate of drug-likeness (QED) is 0.168. The normalized spacial score (nSPS) is 9.11. The number of aliphatic hydroxyl groups is 3. The van der Waals surface area contributed by atoms with Crippen LogP contribution < -0.4 is 0 Å². The van der Waals surface area contributed by atoms with Gasteiger partial charge >= 0.3 is 29.8 Å². The Hall–Kier alpha value is -4.11. The number of hydrogen-bond acceptors (Lipinski definition) is 9. The van der Waals surface area contributed by atoms with Gasteiger partial charge < -0.3 is 45.6 Å². The molecule has 0 saturated heterocycles. The summed E-state index contributed by atoms with van der Waals surface area (Å²) in [6.45, 7) is 18.0. The van der Waals surface area contributed by atoms with Gasteiger partial charge in [-0.15, -0.1) is 0 Å². The van der Waals surface area contributed by atoms with Crippen molar-refractivity contribution in [2.24, 2.45) is 5.41 Å². The van der Waals surface area contributed by atoms with Crippen LogP contribution in [0.3, 0.4) is 0 Å². The van der Waals surface area contributed by atoms with Crippen LogP contribution in [0.2, 0.25) is 0 Å². The second kappa shape index (κ2) is 34.1. The molecule has 8 N–H and O–H groups in total. The zero-order chi connectivity index (χ0) is 31.0. The second-order valence-corrected chi connectivity index (χ2v) is 5.65. The highest BCUT2D eigenvalue weighted by Gasteiger charge is 2.35. The SMILES string of the molecule is C=CC(=O)O.C=CC(=O)O.C=CC(=O)O.C=CC(=O)O.C=CC(=O)O.CCOC(C)C(CO)(CO)CO. The molecule has 0 aliphatic rings. The summed E-state index contributed by atoms with van der Waals surface area (Å²) in [4.78, 5) is 46.2. The summed E-state index contributed by atoms with van der Waals surface area (Å²) in [5.74, 6) is -4.91. The predicted octanol–water partition coefficient (Wildman–Crippen LogP) is 0.660. The fourth-order valence-electron chi connectivity index (χ4n) is 0.962. The molecular formula is C23H38O14. The van der Waals surface area contributed by atoms with Crippen molar-refractivity contribution in [2.45, 2.75) is 20.0 Å². The highest BCUT2D eigenvalue weighted by molar-refractivity contribution is 5.80. The highest BCUT2D eigenvalue weighted by atomic mass is 16.5. The molecule has 0 radical (unpaired) electrons. The molecule has 0 aromatic rings. The Morgan fingerprint density at radius 2 is 0.784 bits per heavy atom. The summed E-state index contributed by atoms with van der Waals surface area (Å²) >= 11 is 0. The highest BCUT2D eigenvalue weighted by Crippen LogP contribution is 2.22. The number of ether oxygens (including phenoxy) is 1. The van der Waals surface area contributed by atoms with E-state index in [1.807, 2.05) is 6.92 Å². The van der Waals surface area contributed by atoms with E-state index in [-0.39, 0.29) is 25.9 Å². The molecule has 1 unspecified atom stereocenters. The van der Waals surface area contributed by atoms with Crippen LogP contribution in [0.25, 0.3) is 0 Å². The van der Waals surface area contributed by atoms with Crippen molar-refractivity contribution in [3.05, 3.63) is 63.3 Å². The van der Waals surface area contributed by atoms with Crippen LogP contribution in [-0.2, 0) is 28.7 Å². The molecule has 0 aliphatic heterocycles. The first-order valence-electron chi connectivity index (χ1n) is 9.73. The molecule has 0 amide bonds. The van der Waals surface area contributed by atoms with E-state index in [0.29, 0.717) is 6.61 Å². The Labute approximate surface area is 215 Å². The number of hydrogen-bond donors (Lipinski definition) is 8. The Bertz CT molecular complexity index is 581. The second-order valence-electron chi connectivity index (χ2n) is 5.65. The molecule has 0 aromatic heterocycles. The first-order valence-corrected chi connectivity index (χ1v) is 9.73. The predicted molar refractivity (Wildman–Crippen MR) is 134 cm³/mol. The van der Waals surface area contributed by atoms with E-state index < -0.39 is 35.3 Å². The minimum atomic E-state index is -0.981. The van der Waals surface area contributed by atoms with Gasteiger partial charge in [0.1, 0.15) is 0 Å². The average Bonchev–Trinajstić information content (AvgIpc) is 2.87. The fraction of sp³-hybridized carbons (Fsp3) is 0.348.